The van der Waals surface area contributed by atoms with Crippen LogP contribution in [0.25, 0.3) is 0 Å². The van der Waals surface area contributed by atoms with Gasteiger partial charge in [-0.2, -0.15) is 5.26 Å². The number of carbonyl (C=O) groups excluding carboxylic acids is 1. The maximum absolute atomic E-state index is 14.5. The van der Waals surface area contributed by atoms with Crippen molar-refractivity contribution < 1.29 is 23.6 Å². The highest BCUT2D eigenvalue weighted by atomic mass is 19.1. The number of benzene rings is 3. The number of nitrogens with zero attached hydrogens (tertiary/aromatic N) is 2. The molecular formula is C23H14FN3O5. The summed E-state index contributed by atoms with van der Waals surface area (Å²) in [5, 5.41) is 20.3. The molecule has 158 valence electrons. The number of halogens is 1. The molecule has 3 aromatic carbocycles. The van der Waals surface area contributed by atoms with Gasteiger partial charge >= 0.3 is 5.97 Å². The summed E-state index contributed by atoms with van der Waals surface area (Å²) in [7, 11) is 0. The Labute approximate surface area is 181 Å². The Kier molecular flexibility index (Phi) is 5.27. The van der Waals surface area contributed by atoms with Crippen molar-refractivity contribution in [2.45, 2.75) is 5.92 Å². The van der Waals surface area contributed by atoms with Crippen LogP contribution in [0, 0.1) is 27.3 Å². The first-order valence-corrected chi connectivity index (χ1v) is 9.31. The van der Waals surface area contributed by atoms with Crippen molar-refractivity contribution in [1.29, 1.82) is 5.26 Å². The number of nitro groups is 1. The van der Waals surface area contributed by atoms with Crippen molar-refractivity contribution in [3.05, 3.63) is 111 Å². The van der Waals surface area contributed by atoms with Gasteiger partial charge in [0.05, 0.1) is 16.4 Å². The average Bonchev–Trinajstić information content (AvgIpc) is 2.78. The normalized spacial score (nSPS) is 14.7. The smallest absolute Gasteiger partial charge is 0.343 e. The lowest BCUT2D eigenvalue weighted by molar-refractivity contribution is -0.384. The summed E-state index contributed by atoms with van der Waals surface area (Å²) in [6, 6.07) is 17.4. The van der Waals surface area contributed by atoms with Crippen LogP contribution in [0.15, 0.2) is 78.2 Å². The van der Waals surface area contributed by atoms with E-state index in [0.29, 0.717) is 5.56 Å². The summed E-state index contributed by atoms with van der Waals surface area (Å²) in [5.74, 6) is -1.87. The van der Waals surface area contributed by atoms with Gasteiger partial charge in [0, 0.05) is 29.3 Å². The number of allylic oxidation sites excluding steroid dienone is 1. The second kappa shape index (κ2) is 8.20. The number of non-ortho nitro benzene ring substituents is 1. The van der Waals surface area contributed by atoms with Gasteiger partial charge in [-0.05, 0) is 24.3 Å². The van der Waals surface area contributed by atoms with E-state index in [-0.39, 0.29) is 39.8 Å². The molecule has 1 aliphatic rings. The molecule has 4 rings (SSSR count). The van der Waals surface area contributed by atoms with Crippen LogP contribution >= 0.6 is 0 Å². The highest BCUT2D eigenvalue weighted by molar-refractivity contribution is 5.91. The first-order chi connectivity index (χ1) is 15.4. The maximum Gasteiger partial charge on any atom is 0.343 e. The number of hydrogen-bond donors (Lipinski definition) is 1. The first-order valence-electron chi connectivity index (χ1n) is 9.31. The standard InChI is InChI=1S/C23H14FN3O5/c24-19-4-2-1-3-16(19)21-17-10-9-15(11-20(17)32-22(26)18(21)12-25)31-23(28)13-5-7-14(8-6-13)27(29)30/h1-11,21H,26H2. The van der Waals surface area contributed by atoms with Gasteiger partial charge in [-0.1, -0.05) is 24.3 Å². The lowest BCUT2D eigenvalue weighted by atomic mass is 9.83. The van der Waals surface area contributed by atoms with E-state index in [0.717, 1.165) is 0 Å². The summed E-state index contributed by atoms with van der Waals surface area (Å²) >= 11 is 0. The lowest BCUT2D eigenvalue weighted by Gasteiger charge is -2.27. The fourth-order valence-corrected chi connectivity index (χ4v) is 3.41. The van der Waals surface area contributed by atoms with Crippen LogP contribution in [0.3, 0.4) is 0 Å². The molecule has 0 aromatic heterocycles. The van der Waals surface area contributed by atoms with E-state index in [1.54, 1.807) is 24.3 Å². The van der Waals surface area contributed by atoms with Gasteiger partial charge in [0.15, 0.2) is 0 Å². The Morgan fingerprint density at radius 1 is 1.12 bits per heavy atom. The van der Waals surface area contributed by atoms with Gasteiger partial charge < -0.3 is 15.2 Å². The molecule has 0 saturated heterocycles. The summed E-state index contributed by atoms with van der Waals surface area (Å²) in [6.07, 6.45) is 0. The van der Waals surface area contributed by atoms with Crippen LogP contribution in [0.4, 0.5) is 10.1 Å². The third-order valence-corrected chi connectivity index (χ3v) is 4.93. The number of nitrogens with two attached hydrogens (primary N) is 1. The number of carbonyl (C=O) groups is 1. The fraction of sp³-hybridized carbons (Fsp3) is 0.0435. The Morgan fingerprint density at radius 2 is 1.84 bits per heavy atom. The number of fused-ring (bicyclic) bond motifs is 1. The molecule has 1 unspecified atom stereocenters. The van der Waals surface area contributed by atoms with E-state index in [1.165, 1.54) is 42.5 Å². The molecular weight excluding hydrogens is 417 g/mol. The third kappa shape index (κ3) is 3.73. The van der Waals surface area contributed by atoms with Gasteiger partial charge in [0.1, 0.15) is 29.0 Å². The molecule has 9 heteroatoms. The molecule has 0 spiro atoms. The van der Waals surface area contributed by atoms with E-state index in [1.807, 2.05) is 6.07 Å². The molecule has 1 aliphatic heterocycles. The molecule has 0 radical (unpaired) electrons. The van der Waals surface area contributed by atoms with Crippen molar-refractivity contribution >= 4 is 11.7 Å². The number of rotatable bonds is 4. The second-order valence-corrected chi connectivity index (χ2v) is 6.84. The predicted molar refractivity (Wildman–Crippen MR) is 110 cm³/mol. The molecule has 32 heavy (non-hydrogen) atoms. The molecule has 8 nitrogen and oxygen atoms in total. The lowest BCUT2D eigenvalue weighted by Crippen LogP contribution is -2.21. The molecule has 0 amide bonds. The Hall–Kier alpha value is -4.71. The molecule has 0 saturated carbocycles. The van der Waals surface area contributed by atoms with Gasteiger partial charge in [0.2, 0.25) is 5.88 Å². The maximum atomic E-state index is 14.5. The van der Waals surface area contributed by atoms with E-state index in [9.17, 15) is 24.6 Å². The first kappa shape index (κ1) is 20.6. The van der Waals surface area contributed by atoms with E-state index >= 15 is 0 Å². The Bertz CT molecular complexity index is 1310. The molecule has 1 heterocycles. The molecule has 3 aromatic rings. The van der Waals surface area contributed by atoms with E-state index in [4.69, 9.17) is 15.2 Å². The molecule has 0 bridgehead atoms. The highest BCUT2D eigenvalue weighted by Gasteiger charge is 2.32. The predicted octanol–water partition coefficient (Wildman–Crippen LogP) is 4.17. The molecule has 2 N–H and O–H groups in total. The summed E-state index contributed by atoms with van der Waals surface area (Å²) in [5.41, 5.74) is 6.68. The molecule has 0 aliphatic carbocycles. The molecule has 1 atom stereocenters. The van der Waals surface area contributed by atoms with Crippen molar-refractivity contribution in [3.8, 4) is 17.6 Å². The highest BCUT2D eigenvalue weighted by Crippen LogP contribution is 2.44. The van der Waals surface area contributed by atoms with Crippen molar-refractivity contribution in [1.82, 2.24) is 0 Å². The topological polar surface area (TPSA) is 128 Å². The zero-order valence-corrected chi connectivity index (χ0v) is 16.3. The zero-order chi connectivity index (χ0) is 22.8. The van der Waals surface area contributed by atoms with Gasteiger partial charge in [-0.3, -0.25) is 10.1 Å². The largest absolute Gasteiger partial charge is 0.440 e. The summed E-state index contributed by atoms with van der Waals surface area (Å²) in [6.45, 7) is 0. The van der Waals surface area contributed by atoms with Crippen LogP contribution in [0.5, 0.6) is 11.5 Å². The zero-order valence-electron chi connectivity index (χ0n) is 16.3. The third-order valence-electron chi connectivity index (χ3n) is 4.93. The van der Waals surface area contributed by atoms with Crippen molar-refractivity contribution in [2.75, 3.05) is 0 Å². The minimum Gasteiger partial charge on any atom is -0.440 e. The van der Waals surface area contributed by atoms with Crippen LogP contribution in [0.2, 0.25) is 0 Å². The minimum atomic E-state index is -0.788. The number of ether oxygens (including phenoxy) is 2. The van der Waals surface area contributed by atoms with Crippen LogP contribution in [0.1, 0.15) is 27.4 Å². The number of nitro benzene ring substituents is 1. The van der Waals surface area contributed by atoms with Crippen LogP contribution in [-0.4, -0.2) is 10.9 Å². The summed E-state index contributed by atoms with van der Waals surface area (Å²) in [4.78, 5) is 22.6. The minimum absolute atomic E-state index is 0.0678. The molecule has 0 fully saturated rings. The van der Waals surface area contributed by atoms with Crippen LogP contribution < -0.4 is 15.2 Å². The van der Waals surface area contributed by atoms with Crippen molar-refractivity contribution in [2.24, 2.45) is 5.73 Å². The van der Waals surface area contributed by atoms with Gasteiger partial charge in [-0.25, -0.2) is 9.18 Å². The fourth-order valence-electron chi connectivity index (χ4n) is 3.41. The summed E-state index contributed by atoms with van der Waals surface area (Å²) < 4.78 is 25.4. The second-order valence-electron chi connectivity index (χ2n) is 6.84. The number of hydrogen-bond acceptors (Lipinski definition) is 7. The Balaban J connectivity index is 1.66. The average molecular weight is 431 g/mol. The van der Waals surface area contributed by atoms with E-state index in [2.05, 4.69) is 0 Å². The number of nitriles is 1. The Morgan fingerprint density at radius 3 is 2.50 bits per heavy atom. The van der Waals surface area contributed by atoms with E-state index < -0.39 is 22.6 Å². The monoisotopic (exact) mass is 431 g/mol. The van der Waals surface area contributed by atoms with Gasteiger partial charge in [-0.15, -0.1) is 0 Å². The quantitative estimate of drug-likeness (QED) is 0.284. The number of esters is 1. The van der Waals surface area contributed by atoms with Gasteiger partial charge in [0.25, 0.3) is 5.69 Å². The SMILES string of the molecule is N#CC1=C(N)Oc2cc(OC(=O)c3ccc([N+](=O)[O-])cc3)ccc2C1c1ccccc1F. The van der Waals surface area contributed by atoms with Crippen molar-refractivity contribution in [3.63, 3.8) is 0 Å². The van der Waals surface area contributed by atoms with Crippen LogP contribution in [-0.2, 0) is 0 Å².